The van der Waals surface area contributed by atoms with Crippen LogP contribution in [0.5, 0.6) is 0 Å². The average molecular weight is 512 g/mol. The second kappa shape index (κ2) is 9.82. The van der Waals surface area contributed by atoms with Crippen LogP contribution in [0.15, 0.2) is 72.5 Å². The summed E-state index contributed by atoms with van der Waals surface area (Å²) in [6.45, 7) is 3.84. The summed E-state index contributed by atoms with van der Waals surface area (Å²) >= 11 is 1.65. The highest BCUT2D eigenvalue weighted by atomic mass is 32.1. The predicted molar refractivity (Wildman–Crippen MR) is 149 cm³/mol. The van der Waals surface area contributed by atoms with Crippen molar-refractivity contribution in [2.24, 2.45) is 5.41 Å². The third-order valence-electron chi connectivity index (χ3n) is 7.38. The maximum Gasteiger partial charge on any atom is 0.257 e. The van der Waals surface area contributed by atoms with E-state index in [4.69, 9.17) is 5.73 Å². The number of nitrogen functional groups attached to an aromatic ring is 1. The second-order valence-corrected chi connectivity index (χ2v) is 10.8. The standard InChI is InChI=1S/C28H29N7OS/c29-22-7-5-20(24-4-1-15-37-24)16-23(22)33-26(36)21-6-8-25(32-17-21)34-13-2-9-28(18-34)10-14-35(19-28)27-30-11-3-12-31-27/h1,3-8,11-12,15-17H,2,9-10,13-14,18-19,29H2,(H,33,36). The summed E-state index contributed by atoms with van der Waals surface area (Å²) in [7, 11) is 0. The monoisotopic (exact) mass is 511 g/mol. The van der Waals surface area contributed by atoms with Crippen LogP contribution in [0, 0.1) is 5.41 Å². The summed E-state index contributed by atoms with van der Waals surface area (Å²) < 4.78 is 0. The van der Waals surface area contributed by atoms with E-state index in [2.05, 4.69) is 30.1 Å². The molecule has 188 valence electrons. The number of nitrogens with zero attached hydrogens (tertiary/aromatic N) is 5. The predicted octanol–water partition coefficient (Wildman–Crippen LogP) is 4.93. The summed E-state index contributed by atoms with van der Waals surface area (Å²) in [5.74, 6) is 1.49. The second-order valence-electron chi connectivity index (χ2n) is 9.88. The minimum Gasteiger partial charge on any atom is -0.397 e. The van der Waals surface area contributed by atoms with Gasteiger partial charge in [-0.1, -0.05) is 12.1 Å². The van der Waals surface area contributed by atoms with Gasteiger partial charge in [-0.2, -0.15) is 0 Å². The molecular weight excluding hydrogens is 482 g/mol. The van der Waals surface area contributed by atoms with Crippen LogP contribution < -0.4 is 20.9 Å². The topological polar surface area (TPSA) is 100 Å². The highest BCUT2D eigenvalue weighted by molar-refractivity contribution is 7.13. The number of piperidine rings is 1. The van der Waals surface area contributed by atoms with Crippen LogP contribution in [0.25, 0.3) is 10.4 Å². The van der Waals surface area contributed by atoms with Gasteiger partial charge in [-0.05, 0) is 66.6 Å². The molecule has 2 aliphatic rings. The van der Waals surface area contributed by atoms with E-state index in [1.807, 2.05) is 53.9 Å². The summed E-state index contributed by atoms with van der Waals surface area (Å²) in [4.78, 5) is 32.3. The molecule has 37 heavy (non-hydrogen) atoms. The molecule has 4 aromatic rings. The minimum absolute atomic E-state index is 0.209. The zero-order valence-corrected chi connectivity index (χ0v) is 21.3. The van der Waals surface area contributed by atoms with E-state index in [1.165, 1.54) is 6.42 Å². The van der Waals surface area contributed by atoms with E-state index in [9.17, 15) is 4.79 Å². The quantitative estimate of drug-likeness (QED) is 0.366. The summed E-state index contributed by atoms with van der Waals surface area (Å²) in [6, 6.07) is 15.4. The van der Waals surface area contributed by atoms with Gasteiger partial charge in [-0.3, -0.25) is 4.79 Å². The zero-order chi connectivity index (χ0) is 25.2. The van der Waals surface area contributed by atoms with Crippen molar-refractivity contribution in [3.8, 4) is 10.4 Å². The lowest BCUT2D eigenvalue weighted by Crippen LogP contribution is -2.45. The number of nitrogens with one attached hydrogen (secondary N) is 1. The lowest BCUT2D eigenvalue weighted by molar-refractivity contribution is 0.102. The first kappa shape index (κ1) is 23.4. The van der Waals surface area contributed by atoms with Crippen LogP contribution in [-0.2, 0) is 0 Å². The maximum atomic E-state index is 13.0. The van der Waals surface area contributed by atoms with Crippen molar-refractivity contribution in [3.05, 3.63) is 78.1 Å². The number of thiophene rings is 1. The molecule has 6 rings (SSSR count). The van der Waals surface area contributed by atoms with E-state index in [1.54, 1.807) is 29.9 Å². The van der Waals surface area contributed by atoms with Crippen molar-refractivity contribution in [1.82, 2.24) is 15.0 Å². The number of hydrogen-bond donors (Lipinski definition) is 2. The number of carbonyl (C=O) groups is 1. The number of amides is 1. The number of anilines is 4. The molecule has 8 nitrogen and oxygen atoms in total. The van der Waals surface area contributed by atoms with Crippen molar-refractivity contribution in [3.63, 3.8) is 0 Å². The van der Waals surface area contributed by atoms with Crippen LogP contribution >= 0.6 is 11.3 Å². The Labute approximate surface area is 220 Å². The molecule has 2 fully saturated rings. The Morgan fingerprint density at radius 1 is 0.973 bits per heavy atom. The first-order valence-electron chi connectivity index (χ1n) is 12.6. The van der Waals surface area contributed by atoms with Crippen LogP contribution in [0.3, 0.4) is 0 Å². The van der Waals surface area contributed by atoms with Crippen molar-refractivity contribution in [1.29, 1.82) is 0 Å². The Kier molecular flexibility index (Phi) is 6.21. The first-order chi connectivity index (χ1) is 18.1. The number of hydrogen-bond acceptors (Lipinski definition) is 8. The third-order valence-corrected chi connectivity index (χ3v) is 8.29. The molecule has 1 spiro atoms. The molecule has 1 aromatic carbocycles. The lowest BCUT2D eigenvalue weighted by Gasteiger charge is -2.41. The summed E-state index contributed by atoms with van der Waals surface area (Å²) in [5.41, 5.74) is 9.02. The number of benzene rings is 1. The normalized spacial score (nSPS) is 19.4. The molecule has 0 radical (unpaired) electrons. The molecule has 0 bridgehead atoms. The van der Waals surface area contributed by atoms with Crippen LogP contribution in [0.1, 0.15) is 29.6 Å². The van der Waals surface area contributed by atoms with E-state index in [0.29, 0.717) is 16.9 Å². The molecule has 1 amide bonds. The minimum atomic E-state index is -0.224. The molecule has 5 heterocycles. The first-order valence-corrected chi connectivity index (χ1v) is 13.4. The number of nitrogens with two attached hydrogens (primary N) is 1. The van der Waals surface area contributed by atoms with Gasteiger partial charge in [0.2, 0.25) is 5.95 Å². The fourth-order valence-electron chi connectivity index (χ4n) is 5.46. The molecular formula is C28H29N7OS. The molecule has 3 aromatic heterocycles. The SMILES string of the molecule is Nc1ccc(-c2cccs2)cc1NC(=O)c1ccc(N2CCCC3(CCN(c4ncccn4)C3)C2)nc1. The summed E-state index contributed by atoms with van der Waals surface area (Å²) in [6.07, 6.45) is 8.69. The molecule has 3 N–H and O–H groups in total. The van der Waals surface area contributed by atoms with Crippen molar-refractivity contribution >= 4 is 40.4 Å². The third kappa shape index (κ3) is 4.86. The molecule has 0 aliphatic carbocycles. The van der Waals surface area contributed by atoms with Gasteiger partial charge in [0.15, 0.2) is 0 Å². The van der Waals surface area contributed by atoms with Gasteiger partial charge in [0, 0.05) is 55.1 Å². The van der Waals surface area contributed by atoms with Gasteiger partial charge in [0.05, 0.1) is 16.9 Å². The number of aromatic nitrogens is 3. The highest BCUT2D eigenvalue weighted by Gasteiger charge is 2.42. The Morgan fingerprint density at radius 2 is 1.84 bits per heavy atom. The van der Waals surface area contributed by atoms with E-state index >= 15 is 0 Å². The molecule has 1 atom stereocenters. The smallest absolute Gasteiger partial charge is 0.257 e. The van der Waals surface area contributed by atoms with Crippen LogP contribution in [0.4, 0.5) is 23.1 Å². The fraction of sp³-hybridized carbons (Fsp3) is 0.286. The van der Waals surface area contributed by atoms with Gasteiger partial charge >= 0.3 is 0 Å². The van der Waals surface area contributed by atoms with Crippen molar-refractivity contribution in [2.75, 3.05) is 47.0 Å². The van der Waals surface area contributed by atoms with Gasteiger partial charge in [-0.25, -0.2) is 15.0 Å². The zero-order valence-electron chi connectivity index (χ0n) is 20.5. The number of pyridine rings is 1. The Bertz CT molecular complexity index is 1380. The Morgan fingerprint density at radius 3 is 2.62 bits per heavy atom. The van der Waals surface area contributed by atoms with E-state index in [0.717, 1.165) is 61.2 Å². The van der Waals surface area contributed by atoms with E-state index in [-0.39, 0.29) is 11.3 Å². The fourth-order valence-corrected chi connectivity index (χ4v) is 6.18. The largest absolute Gasteiger partial charge is 0.397 e. The molecule has 0 saturated carbocycles. The molecule has 2 saturated heterocycles. The van der Waals surface area contributed by atoms with Gasteiger partial charge in [0.25, 0.3) is 5.91 Å². The molecule has 2 aliphatic heterocycles. The van der Waals surface area contributed by atoms with E-state index < -0.39 is 0 Å². The number of rotatable bonds is 5. The Balaban J connectivity index is 1.13. The Hall–Kier alpha value is -3.98. The van der Waals surface area contributed by atoms with Crippen molar-refractivity contribution in [2.45, 2.75) is 19.3 Å². The van der Waals surface area contributed by atoms with Gasteiger partial charge in [-0.15, -0.1) is 11.3 Å². The average Bonchev–Trinajstić information content (AvgIpc) is 3.62. The highest BCUT2D eigenvalue weighted by Crippen LogP contribution is 2.41. The lowest BCUT2D eigenvalue weighted by atomic mass is 9.79. The van der Waals surface area contributed by atoms with Gasteiger partial charge < -0.3 is 20.9 Å². The summed E-state index contributed by atoms with van der Waals surface area (Å²) in [5, 5.41) is 4.99. The molecule has 9 heteroatoms. The maximum absolute atomic E-state index is 13.0. The van der Waals surface area contributed by atoms with Crippen molar-refractivity contribution < 1.29 is 4.79 Å². The van der Waals surface area contributed by atoms with Gasteiger partial charge in [0.1, 0.15) is 5.82 Å². The van der Waals surface area contributed by atoms with Crippen LogP contribution in [0.2, 0.25) is 0 Å². The molecule has 1 unspecified atom stereocenters. The van der Waals surface area contributed by atoms with Crippen LogP contribution in [-0.4, -0.2) is 47.0 Å². The number of carbonyl (C=O) groups excluding carboxylic acids is 1.